The lowest BCUT2D eigenvalue weighted by molar-refractivity contribution is -0.118. The van der Waals surface area contributed by atoms with Crippen LogP contribution in [0, 0.1) is 5.92 Å². The van der Waals surface area contributed by atoms with E-state index in [0.29, 0.717) is 5.92 Å². The minimum absolute atomic E-state index is 0.207. The van der Waals surface area contributed by atoms with Gasteiger partial charge in [-0.1, -0.05) is 6.07 Å². The van der Waals surface area contributed by atoms with Crippen LogP contribution in [-0.2, 0) is 4.79 Å². The van der Waals surface area contributed by atoms with Crippen LogP contribution in [0.4, 0.5) is 0 Å². The first-order valence-corrected chi connectivity index (χ1v) is 5.39. The van der Waals surface area contributed by atoms with E-state index in [4.69, 9.17) is 9.47 Å². The molecule has 2 rings (SSSR count). The number of ketones is 1. The quantitative estimate of drug-likeness (QED) is 0.781. The van der Waals surface area contributed by atoms with Gasteiger partial charge in [-0.2, -0.15) is 0 Å². The second-order valence-corrected chi connectivity index (χ2v) is 4.17. The van der Waals surface area contributed by atoms with E-state index in [1.165, 1.54) is 0 Å². The van der Waals surface area contributed by atoms with Crippen LogP contribution in [0.2, 0.25) is 0 Å². The zero-order valence-corrected chi connectivity index (χ0v) is 9.82. The van der Waals surface area contributed by atoms with E-state index in [1.807, 2.05) is 18.2 Å². The van der Waals surface area contributed by atoms with Gasteiger partial charge in [-0.05, 0) is 37.0 Å². The Hall–Kier alpha value is -1.51. The number of Topliss-reactive ketones (excluding diaryl/α,β-unsaturated/α-hetero) is 1. The summed E-state index contributed by atoms with van der Waals surface area (Å²) in [5, 5.41) is 0. The van der Waals surface area contributed by atoms with Gasteiger partial charge in [0.2, 0.25) is 0 Å². The normalized spacial score (nSPS) is 22.7. The Morgan fingerprint density at radius 2 is 1.94 bits per heavy atom. The molecule has 2 atom stereocenters. The molecule has 0 bridgehead atoms. The van der Waals surface area contributed by atoms with Gasteiger partial charge in [0.25, 0.3) is 0 Å². The fraction of sp³-hybridized carbons (Fsp3) is 0.462. The SMILES string of the molecule is COc1ccc(C2CC2C(C)=O)cc1OC. The van der Waals surface area contributed by atoms with Crippen LogP contribution in [0.15, 0.2) is 18.2 Å². The van der Waals surface area contributed by atoms with Crippen molar-refractivity contribution in [2.45, 2.75) is 19.3 Å². The van der Waals surface area contributed by atoms with E-state index in [2.05, 4.69) is 0 Å². The van der Waals surface area contributed by atoms with Crippen LogP contribution in [0.1, 0.15) is 24.8 Å². The van der Waals surface area contributed by atoms with Crippen LogP contribution in [0.5, 0.6) is 11.5 Å². The van der Waals surface area contributed by atoms with Crippen LogP contribution < -0.4 is 9.47 Å². The summed E-state index contributed by atoms with van der Waals surface area (Å²) < 4.78 is 10.4. The van der Waals surface area contributed by atoms with Crippen molar-refractivity contribution in [3.05, 3.63) is 23.8 Å². The standard InChI is InChI=1S/C13H16O3/c1-8(14)10-7-11(10)9-4-5-12(15-2)13(6-9)16-3/h4-6,10-11H,7H2,1-3H3. The molecule has 1 aliphatic rings. The van der Waals surface area contributed by atoms with Gasteiger partial charge in [-0.15, -0.1) is 0 Å². The maximum absolute atomic E-state index is 11.2. The fourth-order valence-corrected chi connectivity index (χ4v) is 2.10. The van der Waals surface area contributed by atoms with Crippen molar-refractivity contribution in [3.8, 4) is 11.5 Å². The molecule has 0 spiro atoms. The zero-order chi connectivity index (χ0) is 11.7. The molecule has 0 amide bonds. The van der Waals surface area contributed by atoms with E-state index in [1.54, 1.807) is 21.1 Å². The number of rotatable bonds is 4. The smallest absolute Gasteiger partial charge is 0.160 e. The van der Waals surface area contributed by atoms with Crippen molar-refractivity contribution < 1.29 is 14.3 Å². The molecule has 0 radical (unpaired) electrons. The van der Waals surface area contributed by atoms with Crippen LogP contribution in [-0.4, -0.2) is 20.0 Å². The first-order chi connectivity index (χ1) is 7.67. The molecule has 86 valence electrons. The van der Waals surface area contributed by atoms with Crippen LogP contribution in [0.3, 0.4) is 0 Å². The zero-order valence-electron chi connectivity index (χ0n) is 9.82. The largest absolute Gasteiger partial charge is 0.493 e. The Balaban J connectivity index is 2.21. The van der Waals surface area contributed by atoms with Gasteiger partial charge < -0.3 is 9.47 Å². The molecule has 1 saturated carbocycles. The molecular formula is C13H16O3. The highest BCUT2D eigenvalue weighted by molar-refractivity contribution is 5.82. The lowest BCUT2D eigenvalue weighted by Gasteiger charge is -2.09. The van der Waals surface area contributed by atoms with Gasteiger partial charge in [0.05, 0.1) is 14.2 Å². The summed E-state index contributed by atoms with van der Waals surface area (Å²) in [5.74, 6) is 2.32. The Bertz CT molecular complexity index is 412. The summed E-state index contributed by atoms with van der Waals surface area (Å²) in [7, 11) is 3.24. The summed E-state index contributed by atoms with van der Waals surface area (Å²) in [6, 6.07) is 5.87. The van der Waals surface area contributed by atoms with Crippen molar-refractivity contribution in [1.82, 2.24) is 0 Å². The number of methoxy groups -OCH3 is 2. The number of carbonyl (C=O) groups is 1. The number of hydrogen-bond donors (Lipinski definition) is 0. The second kappa shape index (κ2) is 4.16. The maximum atomic E-state index is 11.2. The van der Waals surface area contributed by atoms with Gasteiger partial charge in [-0.25, -0.2) is 0 Å². The molecule has 1 aliphatic carbocycles. The lowest BCUT2D eigenvalue weighted by Crippen LogP contribution is -1.96. The number of ether oxygens (including phenoxy) is 2. The minimum Gasteiger partial charge on any atom is -0.493 e. The molecule has 1 fully saturated rings. The summed E-state index contributed by atoms with van der Waals surface area (Å²) in [4.78, 5) is 11.2. The Morgan fingerprint density at radius 3 is 2.44 bits per heavy atom. The van der Waals surface area contributed by atoms with E-state index >= 15 is 0 Å². The highest BCUT2D eigenvalue weighted by Gasteiger charge is 2.41. The average molecular weight is 220 g/mol. The lowest BCUT2D eigenvalue weighted by atomic mass is 10.1. The number of carbonyl (C=O) groups excluding carboxylic acids is 1. The van der Waals surface area contributed by atoms with E-state index < -0.39 is 0 Å². The molecule has 2 unspecified atom stereocenters. The molecule has 0 saturated heterocycles. The third kappa shape index (κ3) is 1.90. The molecule has 3 nitrogen and oxygen atoms in total. The monoisotopic (exact) mass is 220 g/mol. The maximum Gasteiger partial charge on any atom is 0.160 e. The van der Waals surface area contributed by atoms with E-state index in [0.717, 1.165) is 23.5 Å². The Kier molecular flexibility index (Phi) is 2.86. The van der Waals surface area contributed by atoms with Crippen LogP contribution in [0.25, 0.3) is 0 Å². The Morgan fingerprint density at radius 1 is 1.25 bits per heavy atom. The van der Waals surface area contributed by atoms with Crippen molar-refractivity contribution in [2.75, 3.05) is 14.2 Å². The minimum atomic E-state index is 0.207. The first kappa shape index (κ1) is 11.0. The molecule has 0 aliphatic heterocycles. The van der Waals surface area contributed by atoms with Crippen molar-refractivity contribution in [2.24, 2.45) is 5.92 Å². The molecule has 16 heavy (non-hydrogen) atoms. The van der Waals surface area contributed by atoms with Gasteiger partial charge >= 0.3 is 0 Å². The highest BCUT2D eigenvalue weighted by Crippen LogP contribution is 2.49. The average Bonchev–Trinajstić information content (AvgIpc) is 3.08. The van der Waals surface area contributed by atoms with Gasteiger partial charge in [0.15, 0.2) is 11.5 Å². The summed E-state index contributed by atoms with van der Waals surface area (Å²) >= 11 is 0. The second-order valence-electron chi connectivity index (χ2n) is 4.17. The third-order valence-corrected chi connectivity index (χ3v) is 3.15. The highest BCUT2D eigenvalue weighted by atomic mass is 16.5. The molecule has 0 aromatic heterocycles. The van der Waals surface area contributed by atoms with Crippen molar-refractivity contribution in [3.63, 3.8) is 0 Å². The summed E-state index contributed by atoms with van der Waals surface area (Å²) in [5.41, 5.74) is 1.16. The van der Waals surface area contributed by atoms with E-state index in [-0.39, 0.29) is 11.7 Å². The van der Waals surface area contributed by atoms with Crippen molar-refractivity contribution >= 4 is 5.78 Å². The fourth-order valence-electron chi connectivity index (χ4n) is 2.10. The molecular weight excluding hydrogens is 204 g/mol. The third-order valence-electron chi connectivity index (χ3n) is 3.15. The van der Waals surface area contributed by atoms with Gasteiger partial charge in [0, 0.05) is 5.92 Å². The Labute approximate surface area is 95.4 Å². The topological polar surface area (TPSA) is 35.5 Å². The molecule has 0 N–H and O–H groups in total. The first-order valence-electron chi connectivity index (χ1n) is 5.39. The number of benzene rings is 1. The molecule has 1 aromatic rings. The molecule has 3 heteroatoms. The molecule has 1 aromatic carbocycles. The summed E-state index contributed by atoms with van der Waals surface area (Å²) in [6.07, 6.45) is 0.963. The predicted molar refractivity (Wildman–Crippen MR) is 61.1 cm³/mol. The summed E-state index contributed by atoms with van der Waals surface area (Å²) in [6.45, 7) is 1.66. The van der Waals surface area contributed by atoms with Gasteiger partial charge in [-0.3, -0.25) is 4.79 Å². The van der Waals surface area contributed by atoms with E-state index in [9.17, 15) is 4.79 Å². The van der Waals surface area contributed by atoms with Crippen molar-refractivity contribution in [1.29, 1.82) is 0 Å². The van der Waals surface area contributed by atoms with Crippen LogP contribution >= 0.6 is 0 Å². The predicted octanol–water partition coefficient (Wildman–Crippen LogP) is 2.40. The molecule has 0 heterocycles. The number of hydrogen-bond acceptors (Lipinski definition) is 3. The van der Waals surface area contributed by atoms with Gasteiger partial charge in [0.1, 0.15) is 5.78 Å².